The van der Waals surface area contributed by atoms with E-state index in [-0.39, 0.29) is 35.3 Å². The van der Waals surface area contributed by atoms with Crippen LogP contribution < -0.4 is 21.5 Å². The molecule has 6 rings (SSSR count). The Labute approximate surface area is 273 Å². The highest BCUT2D eigenvalue weighted by atomic mass is 16.5. The third-order valence-corrected chi connectivity index (χ3v) is 9.29. The molecule has 1 aliphatic heterocycles. The molecule has 1 amide bonds. The van der Waals surface area contributed by atoms with Gasteiger partial charge in [-0.15, -0.1) is 0 Å². The van der Waals surface area contributed by atoms with E-state index in [2.05, 4.69) is 26.3 Å². The number of carbonyl (C=O) groups is 1. The summed E-state index contributed by atoms with van der Waals surface area (Å²) in [4.78, 5) is 38.1. The summed E-state index contributed by atoms with van der Waals surface area (Å²) in [6, 6.07) is 18.5. The lowest BCUT2D eigenvalue weighted by molar-refractivity contribution is -0.118. The Hall–Kier alpha value is -4.99. The normalized spacial score (nSPS) is 19.7. The average Bonchev–Trinajstić information content (AvgIpc) is 3.37. The number of benzene rings is 2. The first kappa shape index (κ1) is 32.0. The monoisotopic (exact) mass is 636 g/mol. The van der Waals surface area contributed by atoms with Crippen LogP contribution in [0.2, 0.25) is 0 Å². The molecule has 12 heteroatoms. The summed E-state index contributed by atoms with van der Waals surface area (Å²) in [6.07, 6.45) is 6.66. The van der Waals surface area contributed by atoms with E-state index in [0.29, 0.717) is 80.0 Å². The number of piperidine rings is 1. The lowest BCUT2D eigenvalue weighted by atomic mass is 9.90. The Bertz CT molecular complexity index is 1860. The number of likely N-dealkylation sites (tertiary alicyclic amines) is 1. The van der Waals surface area contributed by atoms with E-state index in [4.69, 9.17) is 10.5 Å². The van der Waals surface area contributed by atoms with Crippen LogP contribution in [0.5, 0.6) is 11.5 Å². The van der Waals surface area contributed by atoms with Crippen LogP contribution in [0.3, 0.4) is 0 Å². The summed E-state index contributed by atoms with van der Waals surface area (Å²) < 4.78 is 9.16. The minimum atomic E-state index is -0.505. The van der Waals surface area contributed by atoms with E-state index >= 15 is 0 Å². The summed E-state index contributed by atoms with van der Waals surface area (Å²) in [5, 5.41) is 22.8. The van der Waals surface area contributed by atoms with Gasteiger partial charge in [-0.05, 0) is 94.8 Å². The lowest BCUT2D eigenvalue weighted by Crippen LogP contribution is -2.48. The molecule has 2 fully saturated rings. The number of fused-ring (bicyclic) bond motifs is 1. The second-order valence-electron chi connectivity index (χ2n) is 12.8. The minimum Gasteiger partial charge on any atom is -0.457 e. The van der Waals surface area contributed by atoms with E-state index in [1.807, 2.05) is 44.2 Å². The van der Waals surface area contributed by atoms with Gasteiger partial charge in [0.1, 0.15) is 35.0 Å². The van der Waals surface area contributed by atoms with Crippen LogP contribution >= 0.6 is 0 Å². The van der Waals surface area contributed by atoms with Gasteiger partial charge in [0.25, 0.3) is 5.91 Å². The van der Waals surface area contributed by atoms with Crippen LogP contribution in [-0.4, -0.2) is 65.8 Å². The van der Waals surface area contributed by atoms with E-state index in [1.165, 1.54) is 6.33 Å². The minimum absolute atomic E-state index is 0.0786. The van der Waals surface area contributed by atoms with Crippen molar-refractivity contribution in [3.63, 3.8) is 0 Å². The number of aliphatic hydroxyl groups excluding tert-OH is 1. The molecule has 4 aromatic rings. The zero-order valence-electron chi connectivity index (χ0n) is 26.7. The number of nitrogens with one attached hydrogen (secondary N) is 1. The number of amides is 1. The number of aromatic nitrogens is 4. The largest absolute Gasteiger partial charge is 0.457 e. The Morgan fingerprint density at radius 2 is 1.68 bits per heavy atom. The number of hydrogen-bond acceptors (Lipinski definition) is 9. The Morgan fingerprint density at radius 1 is 1.02 bits per heavy atom. The van der Waals surface area contributed by atoms with Crippen LogP contribution in [0.4, 0.5) is 5.82 Å². The van der Waals surface area contributed by atoms with Crippen LogP contribution in [0.1, 0.15) is 58.4 Å². The summed E-state index contributed by atoms with van der Waals surface area (Å²) in [6.45, 7) is 5.38. The van der Waals surface area contributed by atoms with Crippen molar-refractivity contribution < 1.29 is 14.6 Å². The fourth-order valence-electron chi connectivity index (χ4n) is 6.70. The number of nitrogens with two attached hydrogens (primary N) is 1. The molecule has 0 unspecified atom stereocenters. The average molecular weight is 637 g/mol. The van der Waals surface area contributed by atoms with Crippen molar-refractivity contribution in [3.8, 4) is 23.3 Å². The number of nitrogen functional groups attached to an aromatic ring is 1. The number of imidazole rings is 1. The molecule has 4 N–H and O–H groups in total. The highest BCUT2D eigenvalue weighted by Crippen LogP contribution is 2.32. The summed E-state index contributed by atoms with van der Waals surface area (Å²) in [7, 11) is 0. The first-order chi connectivity index (χ1) is 22.6. The molecule has 1 aliphatic carbocycles. The molecule has 3 heterocycles. The van der Waals surface area contributed by atoms with Gasteiger partial charge in [0.05, 0.1) is 11.8 Å². The molecule has 1 saturated heterocycles. The number of rotatable bonds is 8. The third-order valence-electron chi connectivity index (χ3n) is 9.29. The SMILES string of the molecule is CC(C)(/C=C(\C#N)C(=O)NC1CCC(n2c(=O)n(-c3ccc(Oc4ccccc4)cc3)c3c(N)ncnc32)CC1)N1CCC(O)CC1. The topological polar surface area (TPSA) is 164 Å². The van der Waals surface area contributed by atoms with E-state index in [9.17, 15) is 20.0 Å². The maximum absolute atomic E-state index is 14.0. The molecule has 2 aromatic carbocycles. The number of ether oxygens (including phenoxy) is 1. The fourth-order valence-corrected chi connectivity index (χ4v) is 6.70. The Balaban J connectivity index is 1.17. The lowest BCUT2D eigenvalue weighted by Gasteiger charge is -2.40. The quantitative estimate of drug-likeness (QED) is 0.190. The molecular formula is C35H40N8O4. The van der Waals surface area contributed by atoms with Crippen molar-refractivity contribution in [3.05, 3.63) is 83.1 Å². The zero-order chi connectivity index (χ0) is 33.1. The molecule has 244 valence electrons. The molecule has 0 spiro atoms. The van der Waals surface area contributed by atoms with Crippen molar-refractivity contribution in [1.82, 2.24) is 29.3 Å². The summed E-state index contributed by atoms with van der Waals surface area (Å²) >= 11 is 0. The molecule has 0 radical (unpaired) electrons. The molecule has 2 aliphatic rings. The molecule has 0 bridgehead atoms. The maximum atomic E-state index is 14.0. The van der Waals surface area contributed by atoms with Gasteiger partial charge in [0.15, 0.2) is 11.5 Å². The molecular weight excluding hydrogens is 596 g/mol. The van der Waals surface area contributed by atoms with E-state index in [1.54, 1.807) is 39.5 Å². The van der Waals surface area contributed by atoms with Crippen molar-refractivity contribution in [2.24, 2.45) is 0 Å². The van der Waals surface area contributed by atoms with Crippen molar-refractivity contribution in [2.75, 3.05) is 18.8 Å². The number of nitriles is 1. The molecule has 12 nitrogen and oxygen atoms in total. The second kappa shape index (κ2) is 13.4. The number of para-hydroxylation sites is 1. The van der Waals surface area contributed by atoms with Gasteiger partial charge < -0.3 is 20.9 Å². The predicted octanol–water partition coefficient (Wildman–Crippen LogP) is 4.24. The Morgan fingerprint density at radius 3 is 2.34 bits per heavy atom. The highest BCUT2D eigenvalue weighted by Gasteiger charge is 2.32. The van der Waals surface area contributed by atoms with Crippen LogP contribution in [-0.2, 0) is 4.79 Å². The Kier molecular flexibility index (Phi) is 9.11. The number of nitrogens with zero attached hydrogens (tertiary/aromatic N) is 6. The van der Waals surface area contributed by atoms with Crippen molar-refractivity contribution in [1.29, 1.82) is 5.26 Å². The third kappa shape index (κ3) is 6.77. The zero-order valence-corrected chi connectivity index (χ0v) is 26.7. The van der Waals surface area contributed by atoms with Gasteiger partial charge in [-0.25, -0.2) is 14.8 Å². The highest BCUT2D eigenvalue weighted by molar-refractivity contribution is 5.97. The van der Waals surface area contributed by atoms with Gasteiger partial charge >= 0.3 is 5.69 Å². The summed E-state index contributed by atoms with van der Waals surface area (Å²) in [5.74, 6) is 1.15. The van der Waals surface area contributed by atoms with Gasteiger partial charge in [-0.2, -0.15) is 5.26 Å². The molecule has 0 atom stereocenters. The fraction of sp³-hybridized carbons (Fsp3) is 0.400. The first-order valence-corrected chi connectivity index (χ1v) is 16.1. The first-order valence-electron chi connectivity index (χ1n) is 16.1. The maximum Gasteiger partial charge on any atom is 0.335 e. The number of aliphatic hydroxyl groups is 1. The number of hydrogen-bond donors (Lipinski definition) is 3. The predicted molar refractivity (Wildman–Crippen MR) is 178 cm³/mol. The van der Waals surface area contributed by atoms with Crippen molar-refractivity contribution in [2.45, 2.75) is 76.1 Å². The molecule has 47 heavy (non-hydrogen) atoms. The van der Waals surface area contributed by atoms with Crippen LogP contribution in [0.25, 0.3) is 16.9 Å². The van der Waals surface area contributed by atoms with E-state index < -0.39 is 11.4 Å². The van der Waals surface area contributed by atoms with Crippen molar-refractivity contribution >= 4 is 22.9 Å². The van der Waals surface area contributed by atoms with Crippen LogP contribution in [0.15, 0.2) is 77.4 Å². The van der Waals surface area contributed by atoms with Gasteiger partial charge in [0.2, 0.25) is 0 Å². The van der Waals surface area contributed by atoms with E-state index in [0.717, 1.165) is 0 Å². The summed E-state index contributed by atoms with van der Waals surface area (Å²) in [5.41, 5.74) is 7.14. The van der Waals surface area contributed by atoms with Gasteiger partial charge in [-0.1, -0.05) is 18.2 Å². The number of carbonyl (C=O) groups excluding carboxylic acids is 1. The number of anilines is 1. The standard InChI is InChI=1S/C35H40N8O4/c1-35(2,41-18-16-27(44)17-19-41)20-23(21-36)33(45)40-24-8-10-26(11-9-24)43-32-30(31(37)38-22-39-32)42(34(43)46)25-12-14-29(15-13-25)47-28-6-4-3-5-7-28/h3-7,12-15,20,22,24,26-27,44H,8-11,16-19H2,1-2H3,(H,40,45)(H2,37,38,39)/b23-20+. The second-order valence-corrected chi connectivity index (χ2v) is 12.8. The smallest absolute Gasteiger partial charge is 0.335 e. The van der Waals surface area contributed by atoms with Gasteiger partial charge in [0, 0.05) is 30.7 Å². The molecule has 1 saturated carbocycles. The molecule has 2 aromatic heterocycles. The van der Waals surface area contributed by atoms with Crippen LogP contribution in [0, 0.1) is 11.3 Å². The van der Waals surface area contributed by atoms with Gasteiger partial charge in [-0.3, -0.25) is 18.8 Å².